The van der Waals surface area contributed by atoms with Crippen LogP contribution in [0.4, 0.5) is 15.9 Å². The third-order valence-electron chi connectivity index (χ3n) is 4.05. The monoisotopic (exact) mass is 408 g/mol. The quantitative estimate of drug-likeness (QED) is 0.819. The van der Waals surface area contributed by atoms with Gasteiger partial charge >= 0.3 is 0 Å². The van der Waals surface area contributed by atoms with Crippen molar-refractivity contribution in [1.29, 1.82) is 5.26 Å². The number of carbonyl (C=O) groups excluding carboxylic acids is 1. The van der Waals surface area contributed by atoms with Gasteiger partial charge in [-0.1, -0.05) is 11.6 Å². The zero-order valence-corrected chi connectivity index (χ0v) is 15.7. The summed E-state index contributed by atoms with van der Waals surface area (Å²) in [6, 6.07) is 8.42. The highest BCUT2D eigenvalue weighted by molar-refractivity contribution is 7.92. The van der Waals surface area contributed by atoms with E-state index in [9.17, 15) is 22.9 Å². The number of halogens is 2. The number of nitrogens with zero attached hydrogens (tertiary/aromatic N) is 3. The molecule has 1 aromatic heterocycles. The van der Waals surface area contributed by atoms with Crippen LogP contribution in [0.25, 0.3) is 0 Å². The minimum Gasteiger partial charge on any atom is -0.322 e. The number of anilines is 2. The number of benzene rings is 1. The molecule has 0 aliphatic heterocycles. The molecule has 1 aliphatic carbocycles. The van der Waals surface area contributed by atoms with E-state index in [0.29, 0.717) is 12.8 Å². The van der Waals surface area contributed by atoms with Gasteiger partial charge in [-0.15, -0.1) is 0 Å². The van der Waals surface area contributed by atoms with Gasteiger partial charge in [-0.05, 0) is 43.2 Å². The van der Waals surface area contributed by atoms with E-state index >= 15 is 0 Å². The summed E-state index contributed by atoms with van der Waals surface area (Å²) in [5.41, 5.74) is -0.761. The van der Waals surface area contributed by atoms with E-state index in [1.54, 1.807) is 0 Å². The van der Waals surface area contributed by atoms with E-state index in [4.69, 9.17) is 11.6 Å². The van der Waals surface area contributed by atoms with Crippen LogP contribution in [0, 0.1) is 17.1 Å². The summed E-state index contributed by atoms with van der Waals surface area (Å²) >= 11 is 5.69. The Hall–Kier alpha value is -2.70. The average Bonchev–Trinajstić information content (AvgIpc) is 3.38. The molecule has 0 spiro atoms. The lowest BCUT2D eigenvalue weighted by Gasteiger charge is -2.26. The molecule has 27 heavy (non-hydrogen) atoms. The summed E-state index contributed by atoms with van der Waals surface area (Å²) in [6.07, 6.45) is 3.05. The third kappa shape index (κ3) is 3.86. The molecule has 0 unspecified atom stereocenters. The predicted octanol–water partition coefficient (Wildman–Crippen LogP) is 2.95. The van der Waals surface area contributed by atoms with Crippen LogP contribution in [0.3, 0.4) is 0 Å². The first kappa shape index (κ1) is 19.1. The fourth-order valence-corrected chi connectivity index (χ4v) is 4.11. The normalized spacial score (nSPS) is 14.9. The smallest absolute Gasteiger partial charge is 0.255 e. The van der Waals surface area contributed by atoms with E-state index in [1.165, 1.54) is 30.5 Å². The first-order valence-electron chi connectivity index (χ1n) is 7.80. The number of sulfonamides is 1. The molecular weight excluding hydrogens is 395 g/mol. The minimum atomic E-state index is -3.78. The molecule has 0 radical (unpaired) electrons. The SMILES string of the molecule is CS(=O)(=O)N(c1cc(C(=O)Nc2ccc(F)c(Cl)c2)ccn1)C1(C#N)CC1. The van der Waals surface area contributed by atoms with E-state index in [2.05, 4.69) is 10.3 Å². The van der Waals surface area contributed by atoms with Crippen LogP contribution >= 0.6 is 11.6 Å². The summed E-state index contributed by atoms with van der Waals surface area (Å²) in [6.45, 7) is 0. The maximum atomic E-state index is 13.2. The fourth-order valence-electron chi connectivity index (χ4n) is 2.63. The summed E-state index contributed by atoms with van der Waals surface area (Å²) in [5.74, 6) is -1.19. The molecule has 0 saturated heterocycles. The molecule has 1 amide bonds. The number of carbonyl (C=O) groups is 1. The Morgan fingerprint density at radius 2 is 2.07 bits per heavy atom. The Labute approximate surface area is 160 Å². The van der Waals surface area contributed by atoms with Gasteiger partial charge in [0.05, 0.1) is 17.3 Å². The van der Waals surface area contributed by atoms with Crippen molar-refractivity contribution in [3.63, 3.8) is 0 Å². The van der Waals surface area contributed by atoms with Crippen LogP contribution in [0.1, 0.15) is 23.2 Å². The molecule has 1 N–H and O–H groups in total. The Morgan fingerprint density at radius 1 is 1.37 bits per heavy atom. The number of nitrogens with one attached hydrogen (secondary N) is 1. The van der Waals surface area contributed by atoms with Crippen molar-refractivity contribution in [3.8, 4) is 6.07 Å². The Kier molecular flexibility index (Phi) is 4.80. The highest BCUT2D eigenvalue weighted by atomic mass is 35.5. The second-order valence-corrected chi connectivity index (χ2v) is 8.39. The second-order valence-electron chi connectivity index (χ2n) is 6.16. The summed E-state index contributed by atoms with van der Waals surface area (Å²) < 4.78 is 38.6. The molecule has 3 rings (SSSR count). The van der Waals surface area contributed by atoms with Crippen molar-refractivity contribution >= 4 is 39.0 Å². The molecule has 2 aromatic rings. The van der Waals surface area contributed by atoms with Crippen LogP contribution in [0.15, 0.2) is 36.5 Å². The van der Waals surface area contributed by atoms with Gasteiger partial charge in [0.2, 0.25) is 10.0 Å². The van der Waals surface area contributed by atoms with Crippen LogP contribution in [0.5, 0.6) is 0 Å². The highest BCUT2D eigenvalue weighted by Gasteiger charge is 2.53. The Balaban J connectivity index is 1.91. The number of aromatic nitrogens is 1. The van der Waals surface area contributed by atoms with E-state index in [0.717, 1.165) is 16.6 Å². The fraction of sp³-hybridized carbons (Fsp3) is 0.235. The van der Waals surface area contributed by atoms with Gasteiger partial charge in [-0.25, -0.2) is 22.1 Å². The average molecular weight is 409 g/mol. The topological polar surface area (TPSA) is 103 Å². The Bertz CT molecular complexity index is 1060. The summed E-state index contributed by atoms with van der Waals surface area (Å²) in [4.78, 5) is 16.5. The molecule has 1 fully saturated rings. The van der Waals surface area contributed by atoms with Crippen molar-refractivity contribution in [2.45, 2.75) is 18.4 Å². The highest BCUT2D eigenvalue weighted by Crippen LogP contribution is 2.44. The molecule has 0 atom stereocenters. The number of rotatable bonds is 5. The maximum Gasteiger partial charge on any atom is 0.255 e. The van der Waals surface area contributed by atoms with Gasteiger partial charge in [-0.2, -0.15) is 5.26 Å². The van der Waals surface area contributed by atoms with Gasteiger partial charge in [0.15, 0.2) is 0 Å². The lowest BCUT2D eigenvalue weighted by atomic mass is 10.2. The van der Waals surface area contributed by atoms with Crippen molar-refractivity contribution in [2.75, 3.05) is 15.9 Å². The number of amides is 1. The summed E-state index contributed by atoms with van der Waals surface area (Å²) in [7, 11) is -3.78. The zero-order chi connectivity index (χ0) is 19.8. The van der Waals surface area contributed by atoms with Gasteiger partial charge in [-0.3, -0.25) is 4.79 Å². The molecule has 1 saturated carbocycles. The standard InChI is InChI=1S/C17H14ClFN4O3S/c1-27(25,26)23(17(10-20)5-6-17)15-8-11(4-7-21-15)16(24)22-12-2-3-14(19)13(18)9-12/h2-4,7-9H,5-6H2,1H3,(H,22,24). The van der Waals surface area contributed by atoms with E-state index < -0.39 is 27.3 Å². The van der Waals surface area contributed by atoms with Crippen molar-refractivity contribution < 1.29 is 17.6 Å². The van der Waals surface area contributed by atoms with Crippen LogP contribution in [-0.4, -0.2) is 31.1 Å². The Morgan fingerprint density at radius 3 is 2.63 bits per heavy atom. The number of pyridine rings is 1. The first-order valence-corrected chi connectivity index (χ1v) is 10.0. The van der Waals surface area contributed by atoms with Crippen LogP contribution in [0.2, 0.25) is 5.02 Å². The van der Waals surface area contributed by atoms with Gasteiger partial charge in [0.1, 0.15) is 17.2 Å². The number of hydrogen-bond acceptors (Lipinski definition) is 5. The van der Waals surface area contributed by atoms with Gasteiger partial charge < -0.3 is 5.32 Å². The van der Waals surface area contributed by atoms with Crippen LogP contribution < -0.4 is 9.62 Å². The molecule has 140 valence electrons. The largest absolute Gasteiger partial charge is 0.322 e. The number of nitriles is 1. The lowest BCUT2D eigenvalue weighted by molar-refractivity contribution is 0.102. The zero-order valence-electron chi connectivity index (χ0n) is 14.1. The molecule has 1 aromatic carbocycles. The molecule has 0 bridgehead atoms. The maximum absolute atomic E-state index is 13.2. The van der Waals surface area contributed by atoms with Crippen molar-refractivity contribution in [2.24, 2.45) is 0 Å². The number of hydrogen-bond donors (Lipinski definition) is 1. The van der Waals surface area contributed by atoms with Gasteiger partial charge in [0.25, 0.3) is 5.91 Å². The second kappa shape index (κ2) is 6.79. The predicted molar refractivity (Wildman–Crippen MR) is 98.5 cm³/mol. The van der Waals surface area contributed by atoms with Crippen LogP contribution in [-0.2, 0) is 10.0 Å². The molecular formula is C17H14ClFN4O3S. The lowest BCUT2D eigenvalue weighted by Crippen LogP contribution is -2.41. The first-order chi connectivity index (χ1) is 12.7. The molecule has 1 heterocycles. The van der Waals surface area contributed by atoms with E-state index in [-0.39, 0.29) is 22.1 Å². The minimum absolute atomic E-state index is 0.0126. The molecule has 7 nitrogen and oxygen atoms in total. The third-order valence-corrected chi connectivity index (χ3v) is 5.53. The van der Waals surface area contributed by atoms with E-state index in [1.807, 2.05) is 6.07 Å². The molecule has 1 aliphatic rings. The van der Waals surface area contributed by atoms with Crippen molar-refractivity contribution in [3.05, 3.63) is 52.9 Å². The summed E-state index contributed by atoms with van der Waals surface area (Å²) in [5, 5.41) is 11.8. The van der Waals surface area contributed by atoms with Crippen molar-refractivity contribution in [1.82, 2.24) is 4.98 Å². The molecule has 10 heteroatoms. The van der Waals surface area contributed by atoms with Gasteiger partial charge in [0, 0.05) is 17.4 Å².